The Morgan fingerprint density at radius 3 is 2.35 bits per heavy atom. The molecule has 92 valence electrons. The summed E-state index contributed by atoms with van der Waals surface area (Å²) < 4.78 is 25.5. The summed E-state index contributed by atoms with van der Waals surface area (Å²) in [5.74, 6) is -0.802. The largest absolute Gasteiger partial charge is 0.508 e. The lowest BCUT2D eigenvalue weighted by Gasteiger charge is -2.06. The van der Waals surface area contributed by atoms with Gasteiger partial charge in [-0.05, 0) is 24.3 Å². The number of phenolic OH excluding ortho intramolecular Hbond substituents is 1. The van der Waals surface area contributed by atoms with Gasteiger partial charge in [0.1, 0.15) is 5.75 Å². The summed E-state index contributed by atoms with van der Waals surface area (Å²) in [5, 5.41) is 9.02. The number of carbonyl (C=O) groups excluding carboxylic acids is 1. The number of sulfonamides is 1. The number of hydrogen-bond donors (Lipinski definition) is 3. The molecule has 1 amide bonds. The maximum Gasteiger partial charge on any atom is 0.245 e. The van der Waals surface area contributed by atoms with Crippen molar-refractivity contribution in [3.05, 3.63) is 36.4 Å². The fraction of sp³-hybridized carbons (Fsp3) is 0.100. The van der Waals surface area contributed by atoms with Gasteiger partial charge < -0.3 is 10.8 Å². The molecule has 0 aliphatic rings. The summed E-state index contributed by atoms with van der Waals surface area (Å²) in [6, 6.07) is 4.98. The van der Waals surface area contributed by atoms with Gasteiger partial charge in [-0.2, -0.15) is 0 Å². The number of aromatic hydroxyl groups is 1. The number of nitrogens with two attached hydrogens (primary N) is 1. The Labute approximate surface area is 98.8 Å². The third-order valence-corrected chi connectivity index (χ3v) is 3.39. The second kappa shape index (κ2) is 4.98. The van der Waals surface area contributed by atoms with Crippen molar-refractivity contribution in [2.24, 2.45) is 5.73 Å². The quantitative estimate of drug-likeness (QED) is 0.629. The van der Waals surface area contributed by atoms with Crippen LogP contribution in [-0.2, 0) is 14.8 Å². The summed E-state index contributed by atoms with van der Waals surface area (Å²) >= 11 is 0. The second-order valence-electron chi connectivity index (χ2n) is 3.29. The first-order chi connectivity index (χ1) is 7.83. The minimum atomic E-state index is -3.74. The number of amides is 1. The van der Waals surface area contributed by atoms with E-state index in [9.17, 15) is 13.2 Å². The molecule has 1 rings (SSSR count). The summed E-state index contributed by atoms with van der Waals surface area (Å²) in [6.45, 7) is 3.07. The third kappa shape index (κ3) is 3.58. The van der Waals surface area contributed by atoms with Crippen molar-refractivity contribution in [3.8, 4) is 5.75 Å². The average Bonchev–Trinajstić information content (AvgIpc) is 2.26. The van der Waals surface area contributed by atoms with Gasteiger partial charge in [-0.1, -0.05) is 6.58 Å². The van der Waals surface area contributed by atoms with Crippen molar-refractivity contribution >= 4 is 15.9 Å². The molecule has 0 spiro atoms. The Morgan fingerprint density at radius 1 is 1.35 bits per heavy atom. The van der Waals surface area contributed by atoms with E-state index in [1.165, 1.54) is 24.3 Å². The summed E-state index contributed by atoms with van der Waals surface area (Å²) in [6.07, 6.45) is 0. The molecule has 4 N–H and O–H groups in total. The number of primary amides is 1. The predicted octanol–water partition coefficient (Wildman–Crippen LogP) is -0.288. The number of rotatable bonds is 5. The molecule has 0 aliphatic carbocycles. The van der Waals surface area contributed by atoms with E-state index in [4.69, 9.17) is 10.8 Å². The van der Waals surface area contributed by atoms with Crippen molar-refractivity contribution < 1.29 is 18.3 Å². The highest BCUT2D eigenvalue weighted by molar-refractivity contribution is 7.89. The van der Waals surface area contributed by atoms with Crippen LogP contribution in [0.1, 0.15) is 0 Å². The molecular formula is C10H12N2O4S. The van der Waals surface area contributed by atoms with Gasteiger partial charge >= 0.3 is 0 Å². The molecule has 0 aromatic heterocycles. The Bertz CT molecular complexity index is 534. The maximum atomic E-state index is 11.7. The first-order valence-electron chi connectivity index (χ1n) is 4.59. The van der Waals surface area contributed by atoms with Crippen LogP contribution < -0.4 is 10.5 Å². The standard InChI is InChI=1S/C10H12N2O4S/c1-7(10(11)14)6-12-17(15,16)9-4-2-8(13)3-5-9/h2-5,12-13H,1,6H2,(H2,11,14). The van der Waals surface area contributed by atoms with Gasteiger partial charge in [0, 0.05) is 12.1 Å². The highest BCUT2D eigenvalue weighted by Crippen LogP contribution is 2.14. The SMILES string of the molecule is C=C(CNS(=O)(=O)c1ccc(O)cc1)C(N)=O. The van der Waals surface area contributed by atoms with Crippen LogP contribution in [0, 0.1) is 0 Å². The minimum Gasteiger partial charge on any atom is -0.508 e. The first kappa shape index (κ1) is 13.2. The summed E-state index contributed by atoms with van der Waals surface area (Å²) in [4.78, 5) is 10.6. The Hall–Kier alpha value is -1.86. The molecule has 0 unspecified atom stereocenters. The zero-order chi connectivity index (χ0) is 13.1. The average molecular weight is 256 g/mol. The van der Waals surface area contributed by atoms with Crippen LogP contribution in [0.15, 0.2) is 41.3 Å². The molecule has 0 aliphatic heterocycles. The van der Waals surface area contributed by atoms with Crippen LogP contribution >= 0.6 is 0 Å². The van der Waals surface area contributed by atoms with Gasteiger partial charge in [0.05, 0.1) is 4.90 Å². The zero-order valence-corrected chi connectivity index (χ0v) is 9.70. The monoisotopic (exact) mass is 256 g/mol. The van der Waals surface area contributed by atoms with Crippen LogP contribution in [0.2, 0.25) is 0 Å². The van der Waals surface area contributed by atoms with E-state index in [1.54, 1.807) is 0 Å². The van der Waals surface area contributed by atoms with Crippen molar-refractivity contribution in [2.45, 2.75) is 4.90 Å². The number of nitrogens with one attached hydrogen (secondary N) is 1. The zero-order valence-electron chi connectivity index (χ0n) is 8.88. The molecule has 1 aromatic rings. The van der Waals surface area contributed by atoms with Crippen LogP contribution in [-0.4, -0.2) is 26.0 Å². The van der Waals surface area contributed by atoms with E-state index >= 15 is 0 Å². The van der Waals surface area contributed by atoms with Crippen molar-refractivity contribution in [1.82, 2.24) is 4.72 Å². The molecule has 0 bridgehead atoms. The number of hydrogen-bond acceptors (Lipinski definition) is 4. The smallest absolute Gasteiger partial charge is 0.245 e. The molecule has 0 heterocycles. The number of phenols is 1. The van der Waals surface area contributed by atoms with Gasteiger partial charge in [-0.25, -0.2) is 13.1 Å². The van der Waals surface area contributed by atoms with Crippen LogP contribution in [0.3, 0.4) is 0 Å². The Balaban J connectivity index is 2.79. The van der Waals surface area contributed by atoms with Gasteiger partial charge in [-0.15, -0.1) is 0 Å². The molecule has 0 radical (unpaired) electrons. The number of carbonyl (C=O) groups is 1. The molecule has 6 nitrogen and oxygen atoms in total. The van der Waals surface area contributed by atoms with Crippen LogP contribution in [0.5, 0.6) is 5.75 Å². The molecule has 0 saturated carbocycles. The topological polar surface area (TPSA) is 109 Å². The molecule has 7 heteroatoms. The van der Waals surface area contributed by atoms with E-state index < -0.39 is 15.9 Å². The molecule has 0 atom stereocenters. The third-order valence-electron chi connectivity index (χ3n) is 1.97. The lowest BCUT2D eigenvalue weighted by Crippen LogP contribution is -2.29. The Kier molecular flexibility index (Phi) is 3.87. The maximum absolute atomic E-state index is 11.7. The van der Waals surface area contributed by atoms with Crippen LogP contribution in [0.25, 0.3) is 0 Å². The van der Waals surface area contributed by atoms with E-state index in [-0.39, 0.29) is 22.8 Å². The van der Waals surface area contributed by atoms with Gasteiger partial charge in [0.15, 0.2) is 0 Å². The normalized spacial score (nSPS) is 11.1. The minimum absolute atomic E-state index is 0.0208. The van der Waals surface area contributed by atoms with Gasteiger partial charge in [0.25, 0.3) is 0 Å². The fourth-order valence-corrected chi connectivity index (χ4v) is 2.00. The van der Waals surface area contributed by atoms with E-state index in [0.717, 1.165) is 0 Å². The van der Waals surface area contributed by atoms with Crippen LogP contribution in [0.4, 0.5) is 0 Å². The summed E-state index contributed by atoms with van der Waals surface area (Å²) in [5.41, 5.74) is 4.88. The molecule has 1 aromatic carbocycles. The highest BCUT2D eigenvalue weighted by atomic mass is 32.2. The van der Waals surface area contributed by atoms with E-state index in [0.29, 0.717) is 0 Å². The van der Waals surface area contributed by atoms with Crippen molar-refractivity contribution in [1.29, 1.82) is 0 Å². The fourth-order valence-electron chi connectivity index (χ4n) is 0.978. The van der Waals surface area contributed by atoms with Crippen molar-refractivity contribution in [3.63, 3.8) is 0 Å². The lowest BCUT2D eigenvalue weighted by molar-refractivity contribution is -0.114. The molecule has 0 fully saturated rings. The first-order valence-corrected chi connectivity index (χ1v) is 6.07. The molecular weight excluding hydrogens is 244 g/mol. The predicted molar refractivity (Wildman–Crippen MR) is 61.6 cm³/mol. The lowest BCUT2D eigenvalue weighted by atomic mass is 10.3. The molecule has 0 saturated heterocycles. The number of benzene rings is 1. The van der Waals surface area contributed by atoms with E-state index in [1.807, 2.05) is 0 Å². The highest BCUT2D eigenvalue weighted by Gasteiger charge is 2.14. The van der Waals surface area contributed by atoms with E-state index in [2.05, 4.69) is 11.3 Å². The Morgan fingerprint density at radius 2 is 1.88 bits per heavy atom. The summed E-state index contributed by atoms with van der Waals surface area (Å²) in [7, 11) is -3.74. The second-order valence-corrected chi connectivity index (χ2v) is 5.05. The van der Waals surface area contributed by atoms with Gasteiger partial charge in [-0.3, -0.25) is 4.79 Å². The molecule has 17 heavy (non-hydrogen) atoms. The van der Waals surface area contributed by atoms with Crippen molar-refractivity contribution in [2.75, 3.05) is 6.54 Å². The van der Waals surface area contributed by atoms with Gasteiger partial charge in [0.2, 0.25) is 15.9 Å².